The zero-order valence-electron chi connectivity index (χ0n) is 5.17. The second-order valence-electron chi connectivity index (χ2n) is 1.32. The summed E-state index contributed by atoms with van der Waals surface area (Å²) in [6.07, 6.45) is 8.05. The van der Waals surface area contributed by atoms with Crippen molar-refractivity contribution in [1.29, 1.82) is 0 Å². The molecule has 1 heteroatoms. The molecule has 1 nitrogen and oxygen atoms in total. The van der Waals surface area contributed by atoms with Crippen LogP contribution >= 0.6 is 0 Å². The summed E-state index contributed by atoms with van der Waals surface area (Å²) in [4.78, 5) is 3.90. The summed E-state index contributed by atoms with van der Waals surface area (Å²) < 4.78 is 0. The van der Waals surface area contributed by atoms with E-state index < -0.39 is 0 Å². The molecule has 0 spiro atoms. The van der Waals surface area contributed by atoms with Gasteiger partial charge in [-0.3, -0.25) is 4.99 Å². The molecular formula is C7H11N. The summed E-state index contributed by atoms with van der Waals surface area (Å²) in [5.41, 5.74) is 0. The Balaban J connectivity index is 3.26. The molecule has 0 heterocycles. The molecule has 8 heavy (non-hydrogen) atoms. The lowest BCUT2D eigenvalue weighted by Crippen LogP contribution is -1.61. The topological polar surface area (TPSA) is 12.4 Å². The quantitative estimate of drug-likeness (QED) is 0.389. The fourth-order valence-corrected chi connectivity index (χ4v) is 0.277. The van der Waals surface area contributed by atoms with Crippen LogP contribution in [0.5, 0.6) is 0 Å². The third-order valence-electron chi connectivity index (χ3n) is 0.596. The molecule has 0 amide bonds. The zero-order chi connectivity index (χ0) is 6.24. The molecule has 0 aromatic rings. The fourth-order valence-electron chi connectivity index (χ4n) is 0.277. The molecule has 0 saturated heterocycles. The number of allylic oxidation sites excluding steroid dienone is 2. The molecule has 0 unspecified atom stereocenters. The van der Waals surface area contributed by atoms with Crippen LogP contribution in [-0.2, 0) is 0 Å². The molecule has 0 aromatic carbocycles. The van der Waals surface area contributed by atoms with Crippen LogP contribution in [0.1, 0.15) is 13.3 Å². The molecule has 0 rings (SSSR count). The van der Waals surface area contributed by atoms with E-state index in [1.54, 1.807) is 18.4 Å². The first-order valence-electron chi connectivity index (χ1n) is 2.71. The monoisotopic (exact) mass is 109 g/mol. The summed E-state index contributed by atoms with van der Waals surface area (Å²) in [5.74, 6) is 0. The molecule has 0 aromatic heterocycles. The molecule has 0 fully saturated rings. The predicted molar refractivity (Wildman–Crippen MR) is 38.1 cm³/mol. The summed E-state index contributed by atoms with van der Waals surface area (Å²) >= 11 is 0. The Bertz CT molecular complexity index is 101. The summed E-state index contributed by atoms with van der Waals surface area (Å²) in [5, 5.41) is 0. The van der Waals surface area contributed by atoms with E-state index in [0.717, 1.165) is 6.42 Å². The van der Waals surface area contributed by atoms with Crippen LogP contribution in [0.15, 0.2) is 29.9 Å². The molecule has 0 saturated carbocycles. The van der Waals surface area contributed by atoms with Crippen LogP contribution in [0.4, 0.5) is 0 Å². The van der Waals surface area contributed by atoms with Gasteiger partial charge in [0.15, 0.2) is 0 Å². The third kappa shape index (κ3) is 5.15. The highest BCUT2D eigenvalue weighted by Crippen LogP contribution is 1.74. The smallest absolute Gasteiger partial charge is 0.0263 e. The molecule has 0 bridgehead atoms. The molecule has 0 aliphatic heterocycles. The lowest BCUT2D eigenvalue weighted by Gasteiger charge is -1.72. The minimum absolute atomic E-state index is 0.988. The molecule has 0 aliphatic carbocycles. The Kier molecular flexibility index (Phi) is 5.50. The Hall–Kier alpha value is -0.850. The van der Waals surface area contributed by atoms with Gasteiger partial charge in [-0.1, -0.05) is 19.6 Å². The average molecular weight is 109 g/mol. The Labute approximate surface area is 50.4 Å². The van der Waals surface area contributed by atoms with Gasteiger partial charge in [0.25, 0.3) is 0 Å². The van der Waals surface area contributed by atoms with Crippen molar-refractivity contribution in [3.63, 3.8) is 0 Å². The van der Waals surface area contributed by atoms with Crippen molar-refractivity contribution < 1.29 is 0 Å². The van der Waals surface area contributed by atoms with Crippen molar-refractivity contribution >= 4 is 6.21 Å². The number of hydrogen-bond donors (Lipinski definition) is 0. The average Bonchev–Trinajstić information content (AvgIpc) is 1.81. The minimum atomic E-state index is 0.988. The molecule has 0 atom stereocenters. The van der Waals surface area contributed by atoms with Crippen LogP contribution in [-0.4, -0.2) is 6.21 Å². The van der Waals surface area contributed by atoms with Crippen molar-refractivity contribution in [2.45, 2.75) is 13.3 Å². The molecular weight excluding hydrogens is 98.1 g/mol. The Morgan fingerprint density at radius 2 is 2.38 bits per heavy atom. The highest BCUT2D eigenvalue weighted by molar-refractivity contribution is 5.57. The maximum atomic E-state index is 3.90. The van der Waals surface area contributed by atoms with Gasteiger partial charge in [0.1, 0.15) is 0 Å². The molecule has 44 valence electrons. The lowest BCUT2D eigenvalue weighted by atomic mass is 10.5. The van der Waals surface area contributed by atoms with Gasteiger partial charge in [0, 0.05) is 12.4 Å². The van der Waals surface area contributed by atoms with Crippen LogP contribution in [0.2, 0.25) is 0 Å². The normalized spacial score (nSPS) is 11.1. The van der Waals surface area contributed by atoms with Gasteiger partial charge in [0.2, 0.25) is 0 Å². The van der Waals surface area contributed by atoms with E-state index in [1.807, 2.05) is 13.1 Å². The number of hydrogen-bond acceptors (Lipinski definition) is 1. The Morgan fingerprint density at radius 3 is 2.88 bits per heavy atom. The van der Waals surface area contributed by atoms with E-state index in [0.29, 0.717) is 0 Å². The summed E-state index contributed by atoms with van der Waals surface area (Å²) in [6, 6.07) is 0. The van der Waals surface area contributed by atoms with E-state index >= 15 is 0 Å². The van der Waals surface area contributed by atoms with Crippen LogP contribution in [0.25, 0.3) is 0 Å². The molecule has 0 radical (unpaired) electrons. The van der Waals surface area contributed by atoms with E-state index in [-0.39, 0.29) is 0 Å². The van der Waals surface area contributed by atoms with Gasteiger partial charge < -0.3 is 0 Å². The second kappa shape index (κ2) is 6.15. The molecule has 0 aliphatic rings. The summed E-state index contributed by atoms with van der Waals surface area (Å²) in [6.45, 7) is 5.54. The van der Waals surface area contributed by atoms with Crippen molar-refractivity contribution in [3.8, 4) is 0 Å². The number of aliphatic imine (C=N–C) groups is 1. The minimum Gasteiger partial charge on any atom is -0.269 e. The van der Waals surface area contributed by atoms with Crippen LogP contribution in [0.3, 0.4) is 0 Å². The number of nitrogens with zero attached hydrogens (tertiary/aromatic N) is 1. The van der Waals surface area contributed by atoms with Crippen molar-refractivity contribution in [2.24, 2.45) is 4.99 Å². The van der Waals surface area contributed by atoms with Crippen molar-refractivity contribution in [3.05, 3.63) is 24.9 Å². The van der Waals surface area contributed by atoms with E-state index in [2.05, 4.69) is 11.6 Å². The van der Waals surface area contributed by atoms with E-state index in [1.165, 1.54) is 0 Å². The van der Waals surface area contributed by atoms with Crippen LogP contribution < -0.4 is 0 Å². The van der Waals surface area contributed by atoms with Gasteiger partial charge in [0.05, 0.1) is 0 Å². The first kappa shape index (κ1) is 7.15. The van der Waals surface area contributed by atoms with Gasteiger partial charge in [-0.05, 0) is 12.5 Å². The number of rotatable bonds is 3. The fraction of sp³-hybridized carbons (Fsp3) is 0.286. The van der Waals surface area contributed by atoms with E-state index in [9.17, 15) is 0 Å². The van der Waals surface area contributed by atoms with Crippen LogP contribution in [0, 0.1) is 0 Å². The zero-order valence-corrected chi connectivity index (χ0v) is 5.17. The first-order valence-corrected chi connectivity index (χ1v) is 2.71. The Morgan fingerprint density at radius 1 is 1.62 bits per heavy atom. The third-order valence-corrected chi connectivity index (χ3v) is 0.596. The lowest BCUT2D eigenvalue weighted by molar-refractivity contribution is 1.31. The van der Waals surface area contributed by atoms with E-state index in [4.69, 9.17) is 0 Å². The standard InChI is InChI=1S/C7H11N/c1-3-5-7-8-6-4-2/h3,5-7H,1,4H2,2H3/b7-5-,8-6-. The van der Waals surface area contributed by atoms with Gasteiger partial charge in [-0.2, -0.15) is 0 Å². The maximum Gasteiger partial charge on any atom is 0.0263 e. The van der Waals surface area contributed by atoms with Crippen molar-refractivity contribution in [1.82, 2.24) is 0 Å². The largest absolute Gasteiger partial charge is 0.269 e. The molecule has 0 N–H and O–H groups in total. The van der Waals surface area contributed by atoms with Crippen molar-refractivity contribution in [2.75, 3.05) is 0 Å². The predicted octanol–water partition coefficient (Wildman–Crippen LogP) is 2.17. The van der Waals surface area contributed by atoms with Gasteiger partial charge >= 0.3 is 0 Å². The second-order valence-corrected chi connectivity index (χ2v) is 1.32. The first-order chi connectivity index (χ1) is 3.91. The highest BCUT2D eigenvalue weighted by Gasteiger charge is 1.59. The summed E-state index contributed by atoms with van der Waals surface area (Å²) in [7, 11) is 0. The maximum absolute atomic E-state index is 3.90. The van der Waals surface area contributed by atoms with Gasteiger partial charge in [-0.25, -0.2) is 0 Å². The SMILES string of the molecule is C=C/C=C\N=C/CC. The van der Waals surface area contributed by atoms with Gasteiger partial charge in [-0.15, -0.1) is 0 Å². The highest BCUT2D eigenvalue weighted by atomic mass is 14.7.